The first-order valence-corrected chi connectivity index (χ1v) is 8.07. The van der Waals surface area contributed by atoms with E-state index in [1.807, 2.05) is 0 Å². The van der Waals surface area contributed by atoms with E-state index >= 15 is 0 Å². The van der Waals surface area contributed by atoms with Crippen molar-refractivity contribution < 1.29 is 10.0 Å². The van der Waals surface area contributed by atoms with E-state index in [0.29, 0.717) is 12.5 Å². The number of piperidine rings is 1. The molecule has 6 nitrogen and oxygen atoms in total. The SMILES string of the molecule is C[C@H]1C[C@@H](c2nnc([C@@H]3CC[C@@H]4CN3C(=O)N4O)s2)C1. The van der Waals surface area contributed by atoms with E-state index in [1.165, 1.54) is 12.8 Å². The Morgan fingerprint density at radius 3 is 2.75 bits per heavy atom. The van der Waals surface area contributed by atoms with Gasteiger partial charge in [0, 0.05) is 12.5 Å². The van der Waals surface area contributed by atoms with Crippen molar-refractivity contribution in [1.29, 1.82) is 0 Å². The van der Waals surface area contributed by atoms with Crippen molar-refractivity contribution in [3.63, 3.8) is 0 Å². The Hall–Kier alpha value is -1.21. The Morgan fingerprint density at radius 1 is 1.25 bits per heavy atom. The highest BCUT2D eigenvalue weighted by Crippen LogP contribution is 2.44. The minimum atomic E-state index is -0.286. The van der Waals surface area contributed by atoms with E-state index < -0.39 is 0 Å². The summed E-state index contributed by atoms with van der Waals surface area (Å²) >= 11 is 1.65. The second-order valence-electron chi connectivity index (χ2n) is 6.28. The molecule has 0 aromatic carbocycles. The third kappa shape index (κ3) is 1.76. The van der Waals surface area contributed by atoms with Gasteiger partial charge < -0.3 is 4.90 Å². The number of hydrogen-bond acceptors (Lipinski definition) is 5. The largest absolute Gasteiger partial charge is 0.344 e. The van der Waals surface area contributed by atoms with Crippen LogP contribution in [0.3, 0.4) is 0 Å². The summed E-state index contributed by atoms with van der Waals surface area (Å²) in [5.74, 6) is 1.36. The predicted octanol–water partition coefficient (Wildman–Crippen LogP) is 2.38. The maximum atomic E-state index is 12.0. The number of hydrogen-bond donors (Lipinski definition) is 1. The molecule has 1 saturated carbocycles. The fourth-order valence-electron chi connectivity index (χ4n) is 3.56. The average Bonchev–Trinajstić information content (AvgIpc) is 2.97. The number of nitrogens with zero attached hydrogens (tertiary/aromatic N) is 4. The summed E-state index contributed by atoms with van der Waals surface area (Å²) in [6.45, 7) is 2.87. The Labute approximate surface area is 121 Å². The van der Waals surface area contributed by atoms with Crippen molar-refractivity contribution in [1.82, 2.24) is 20.2 Å². The lowest BCUT2D eigenvalue weighted by atomic mass is 9.77. The molecule has 20 heavy (non-hydrogen) atoms. The van der Waals surface area contributed by atoms with Gasteiger partial charge in [0.2, 0.25) is 0 Å². The van der Waals surface area contributed by atoms with Crippen molar-refractivity contribution in [3.8, 4) is 0 Å². The molecular weight excluding hydrogens is 276 g/mol. The Balaban J connectivity index is 1.54. The van der Waals surface area contributed by atoms with Crippen molar-refractivity contribution in [2.24, 2.45) is 5.92 Å². The summed E-state index contributed by atoms with van der Waals surface area (Å²) in [5, 5.41) is 21.3. The van der Waals surface area contributed by atoms with Gasteiger partial charge in [0.15, 0.2) is 0 Å². The van der Waals surface area contributed by atoms with Crippen LogP contribution in [-0.4, -0.2) is 44.0 Å². The van der Waals surface area contributed by atoms with Crippen LogP contribution in [-0.2, 0) is 0 Å². The molecule has 0 spiro atoms. The third-order valence-electron chi connectivity index (χ3n) is 4.81. The quantitative estimate of drug-likeness (QED) is 0.850. The number of carbonyl (C=O) groups is 1. The zero-order chi connectivity index (χ0) is 13.9. The number of amides is 2. The molecule has 2 bridgehead atoms. The predicted molar refractivity (Wildman–Crippen MR) is 72.5 cm³/mol. The van der Waals surface area contributed by atoms with E-state index in [0.717, 1.165) is 33.8 Å². The number of hydroxylamine groups is 2. The lowest BCUT2D eigenvalue weighted by molar-refractivity contribution is -0.0584. The standard InChI is InChI=1S/C13H18N4O2S/c1-7-4-8(5-7)11-14-15-12(20-11)10-3-2-9-6-16(10)13(18)17(9)19/h7-10,19H,2-6H2,1H3/t7-,8+,9-,10+/m1/s1. The molecule has 2 amide bonds. The third-order valence-corrected chi connectivity index (χ3v) is 6.00. The first-order chi connectivity index (χ1) is 9.63. The number of aromatic nitrogens is 2. The van der Waals surface area contributed by atoms with Crippen LogP contribution in [0.5, 0.6) is 0 Å². The van der Waals surface area contributed by atoms with Crippen LogP contribution < -0.4 is 0 Å². The maximum Gasteiger partial charge on any atom is 0.344 e. The highest BCUT2D eigenvalue weighted by molar-refractivity contribution is 7.11. The van der Waals surface area contributed by atoms with Crippen molar-refractivity contribution in [2.75, 3.05) is 6.54 Å². The molecule has 2 aliphatic heterocycles. The zero-order valence-electron chi connectivity index (χ0n) is 11.4. The highest BCUT2D eigenvalue weighted by Gasteiger charge is 2.46. The van der Waals surface area contributed by atoms with Crippen LogP contribution in [0.25, 0.3) is 0 Å². The van der Waals surface area contributed by atoms with Gasteiger partial charge in [-0.25, -0.2) is 9.86 Å². The second-order valence-corrected chi connectivity index (χ2v) is 7.32. The molecule has 2 atom stereocenters. The molecule has 1 aliphatic carbocycles. The van der Waals surface area contributed by atoms with Gasteiger partial charge in [-0.15, -0.1) is 10.2 Å². The number of rotatable bonds is 2. The van der Waals surface area contributed by atoms with Gasteiger partial charge >= 0.3 is 6.03 Å². The van der Waals surface area contributed by atoms with E-state index in [4.69, 9.17) is 0 Å². The van der Waals surface area contributed by atoms with Gasteiger partial charge in [-0.1, -0.05) is 18.3 Å². The fraction of sp³-hybridized carbons (Fsp3) is 0.769. The van der Waals surface area contributed by atoms with E-state index in [2.05, 4.69) is 17.1 Å². The van der Waals surface area contributed by atoms with Crippen molar-refractivity contribution >= 4 is 17.4 Å². The van der Waals surface area contributed by atoms with E-state index in [-0.39, 0.29) is 18.1 Å². The normalized spacial score (nSPS) is 36.4. The van der Waals surface area contributed by atoms with Gasteiger partial charge in [0.1, 0.15) is 10.0 Å². The number of urea groups is 1. The van der Waals surface area contributed by atoms with Crippen LogP contribution >= 0.6 is 11.3 Å². The highest BCUT2D eigenvalue weighted by atomic mass is 32.1. The molecule has 108 valence electrons. The molecule has 3 fully saturated rings. The molecule has 3 aliphatic rings. The van der Waals surface area contributed by atoms with E-state index in [9.17, 15) is 10.0 Å². The summed E-state index contributed by atoms with van der Waals surface area (Å²) in [4.78, 5) is 13.7. The molecule has 1 aromatic rings. The van der Waals surface area contributed by atoms with Crippen LogP contribution in [0.15, 0.2) is 0 Å². The summed E-state index contributed by atoms with van der Waals surface area (Å²) in [6, 6.07) is -0.329. The minimum absolute atomic E-state index is 0.000324. The summed E-state index contributed by atoms with van der Waals surface area (Å²) in [7, 11) is 0. The summed E-state index contributed by atoms with van der Waals surface area (Å²) < 4.78 is 0. The van der Waals surface area contributed by atoms with Crippen LogP contribution in [0.4, 0.5) is 4.79 Å². The monoisotopic (exact) mass is 294 g/mol. The summed E-state index contributed by atoms with van der Waals surface area (Å²) in [6.07, 6.45) is 4.10. The lowest BCUT2D eigenvalue weighted by Crippen LogP contribution is -2.33. The van der Waals surface area contributed by atoms with Gasteiger partial charge in [-0.2, -0.15) is 0 Å². The second kappa shape index (κ2) is 4.39. The topological polar surface area (TPSA) is 69.6 Å². The molecule has 1 N–H and O–H groups in total. The maximum absolute atomic E-state index is 12.0. The van der Waals surface area contributed by atoms with Crippen molar-refractivity contribution in [2.45, 2.75) is 50.6 Å². The van der Waals surface area contributed by atoms with Gasteiger partial charge in [0.25, 0.3) is 0 Å². The van der Waals surface area contributed by atoms with Gasteiger partial charge in [-0.3, -0.25) is 5.21 Å². The molecule has 2 saturated heterocycles. The Morgan fingerprint density at radius 2 is 2.00 bits per heavy atom. The minimum Gasteiger partial charge on any atom is -0.311 e. The molecular formula is C13H18N4O2S. The first-order valence-electron chi connectivity index (χ1n) is 7.25. The smallest absolute Gasteiger partial charge is 0.311 e. The van der Waals surface area contributed by atoms with E-state index in [1.54, 1.807) is 16.2 Å². The fourth-order valence-corrected chi connectivity index (χ4v) is 4.68. The molecule has 0 unspecified atom stereocenters. The molecule has 7 heteroatoms. The Kier molecular flexibility index (Phi) is 2.75. The van der Waals surface area contributed by atoms with Gasteiger partial charge in [0.05, 0.1) is 12.1 Å². The number of fused-ring (bicyclic) bond motifs is 2. The first kappa shape index (κ1) is 12.5. The molecule has 3 heterocycles. The van der Waals surface area contributed by atoms with Crippen LogP contribution in [0.1, 0.15) is 54.6 Å². The van der Waals surface area contributed by atoms with Crippen molar-refractivity contribution in [3.05, 3.63) is 10.0 Å². The van der Waals surface area contributed by atoms with Crippen LogP contribution in [0, 0.1) is 5.92 Å². The van der Waals surface area contributed by atoms with Gasteiger partial charge in [-0.05, 0) is 31.6 Å². The molecule has 1 aromatic heterocycles. The van der Waals surface area contributed by atoms with Crippen LogP contribution in [0.2, 0.25) is 0 Å². The molecule has 4 rings (SSSR count). The number of carbonyl (C=O) groups excluding carboxylic acids is 1. The lowest BCUT2D eigenvalue weighted by Gasteiger charge is -2.30. The zero-order valence-corrected chi connectivity index (χ0v) is 12.2. The molecule has 0 radical (unpaired) electrons. The average molecular weight is 294 g/mol. The summed E-state index contributed by atoms with van der Waals surface area (Å²) in [5.41, 5.74) is 0. The Bertz CT molecular complexity index is 542.